The Hall–Kier alpha value is -2.48. The third-order valence-electron chi connectivity index (χ3n) is 3.65. The Bertz CT molecular complexity index is 693. The van der Waals surface area contributed by atoms with Gasteiger partial charge in [-0.2, -0.15) is 0 Å². The predicted molar refractivity (Wildman–Crippen MR) is 97.0 cm³/mol. The van der Waals surface area contributed by atoms with Gasteiger partial charge in [-0.1, -0.05) is 54.1 Å². The molecule has 0 fully saturated rings. The fourth-order valence-corrected chi connectivity index (χ4v) is 2.39. The first kappa shape index (κ1) is 16.9. The van der Waals surface area contributed by atoms with E-state index in [0.717, 1.165) is 23.3 Å². The molecule has 1 N–H and O–H groups in total. The van der Waals surface area contributed by atoms with Crippen molar-refractivity contribution in [1.82, 2.24) is 0 Å². The topological polar surface area (TPSA) is 29.5 Å². The molecular formula is C21H24O2. The summed E-state index contributed by atoms with van der Waals surface area (Å²) in [4.78, 5) is 0. The zero-order chi connectivity index (χ0) is 16.7. The molecule has 0 spiro atoms. The number of phenolic OH excluding ortho intramolecular Hbond substituents is 1. The highest BCUT2D eigenvalue weighted by Gasteiger charge is 2.09. The average Bonchev–Trinajstić information content (AvgIpc) is 2.54. The van der Waals surface area contributed by atoms with E-state index in [1.165, 1.54) is 11.1 Å². The zero-order valence-electron chi connectivity index (χ0n) is 14.0. The van der Waals surface area contributed by atoms with Crippen LogP contribution in [0.3, 0.4) is 0 Å². The maximum atomic E-state index is 10.3. The fraction of sp³-hybridized carbons (Fsp3) is 0.238. The molecule has 0 amide bonds. The number of rotatable bonds is 6. The van der Waals surface area contributed by atoms with Crippen LogP contribution in [0.4, 0.5) is 0 Å². The number of phenols is 1. The second-order valence-corrected chi connectivity index (χ2v) is 5.80. The molecule has 0 aliphatic carbocycles. The molecule has 2 nitrogen and oxygen atoms in total. The van der Waals surface area contributed by atoms with Crippen LogP contribution in [0.5, 0.6) is 11.5 Å². The second-order valence-electron chi connectivity index (χ2n) is 5.80. The van der Waals surface area contributed by atoms with Gasteiger partial charge in [-0.25, -0.2) is 0 Å². The molecule has 0 unspecified atom stereocenters. The van der Waals surface area contributed by atoms with Crippen LogP contribution < -0.4 is 4.74 Å². The van der Waals surface area contributed by atoms with E-state index in [9.17, 15) is 5.11 Å². The van der Waals surface area contributed by atoms with Crippen molar-refractivity contribution in [2.75, 3.05) is 7.11 Å². The molecule has 0 saturated carbocycles. The molecule has 2 aromatic rings. The van der Waals surface area contributed by atoms with Crippen LogP contribution in [0.2, 0.25) is 0 Å². The summed E-state index contributed by atoms with van der Waals surface area (Å²) in [5, 5.41) is 10.3. The molecule has 0 radical (unpaired) electrons. The Balaban J connectivity index is 2.17. The van der Waals surface area contributed by atoms with E-state index in [0.29, 0.717) is 6.42 Å². The SMILES string of the molecule is COc1cc(C=CCc2ccccc2)cc(O)c1CC=C(C)C. The van der Waals surface area contributed by atoms with Crippen molar-refractivity contribution in [3.63, 3.8) is 0 Å². The van der Waals surface area contributed by atoms with Gasteiger partial charge in [0, 0.05) is 5.56 Å². The van der Waals surface area contributed by atoms with Crippen LogP contribution in [-0.4, -0.2) is 12.2 Å². The second kappa shape index (κ2) is 8.23. The molecule has 23 heavy (non-hydrogen) atoms. The minimum atomic E-state index is 0.279. The molecule has 0 aliphatic heterocycles. The number of hydrogen-bond donors (Lipinski definition) is 1. The summed E-state index contributed by atoms with van der Waals surface area (Å²) >= 11 is 0. The van der Waals surface area contributed by atoms with Gasteiger partial charge in [0.05, 0.1) is 7.11 Å². The smallest absolute Gasteiger partial charge is 0.126 e. The van der Waals surface area contributed by atoms with E-state index >= 15 is 0 Å². The Morgan fingerprint density at radius 3 is 2.48 bits per heavy atom. The number of hydrogen-bond acceptors (Lipinski definition) is 2. The molecule has 0 atom stereocenters. The van der Waals surface area contributed by atoms with Crippen LogP contribution in [0.1, 0.15) is 30.5 Å². The third-order valence-corrected chi connectivity index (χ3v) is 3.65. The zero-order valence-corrected chi connectivity index (χ0v) is 14.0. The van der Waals surface area contributed by atoms with Gasteiger partial charge in [0.15, 0.2) is 0 Å². The lowest BCUT2D eigenvalue weighted by atomic mass is 10.0. The summed E-state index contributed by atoms with van der Waals surface area (Å²) in [6.45, 7) is 4.09. The van der Waals surface area contributed by atoms with Crippen molar-refractivity contribution in [3.8, 4) is 11.5 Å². The molecule has 120 valence electrons. The maximum Gasteiger partial charge on any atom is 0.126 e. The first-order valence-corrected chi connectivity index (χ1v) is 7.84. The van der Waals surface area contributed by atoms with Crippen LogP contribution in [-0.2, 0) is 12.8 Å². The molecule has 0 bridgehead atoms. The van der Waals surface area contributed by atoms with Gasteiger partial charge < -0.3 is 9.84 Å². The van der Waals surface area contributed by atoms with E-state index in [4.69, 9.17) is 4.74 Å². The molecule has 2 heteroatoms. The fourth-order valence-electron chi connectivity index (χ4n) is 2.39. The quantitative estimate of drug-likeness (QED) is 0.746. The van der Waals surface area contributed by atoms with Crippen molar-refractivity contribution >= 4 is 6.08 Å². The summed E-state index contributed by atoms with van der Waals surface area (Å²) in [6.07, 6.45) is 7.73. The summed E-state index contributed by atoms with van der Waals surface area (Å²) in [6, 6.07) is 14.1. The molecule has 2 aromatic carbocycles. The predicted octanol–water partition coefficient (Wildman–Crippen LogP) is 5.17. The Morgan fingerprint density at radius 1 is 1.09 bits per heavy atom. The normalized spacial score (nSPS) is 10.7. The van der Waals surface area contributed by atoms with E-state index in [-0.39, 0.29) is 5.75 Å². The Labute approximate surface area is 138 Å². The number of aromatic hydroxyl groups is 1. The summed E-state index contributed by atoms with van der Waals surface area (Å²) in [7, 11) is 1.64. The van der Waals surface area contributed by atoms with Gasteiger partial charge in [0.25, 0.3) is 0 Å². The first-order valence-electron chi connectivity index (χ1n) is 7.84. The molecular weight excluding hydrogens is 284 g/mol. The maximum absolute atomic E-state index is 10.3. The number of methoxy groups -OCH3 is 1. The van der Waals surface area contributed by atoms with Gasteiger partial charge >= 0.3 is 0 Å². The van der Waals surface area contributed by atoms with Gasteiger partial charge in [-0.3, -0.25) is 0 Å². The monoisotopic (exact) mass is 308 g/mol. The minimum Gasteiger partial charge on any atom is -0.507 e. The van der Waals surface area contributed by atoms with Crippen LogP contribution in [0.15, 0.2) is 60.2 Å². The van der Waals surface area contributed by atoms with Crippen molar-refractivity contribution in [2.24, 2.45) is 0 Å². The summed E-state index contributed by atoms with van der Waals surface area (Å²) < 4.78 is 5.44. The molecule has 0 aromatic heterocycles. The van der Waals surface area contributed by atoms with Crippen molar-refractivity contribution < 1.29 is 9.84 Å². The molecule has 2 rings (SSSR count). The van der Waals surface area contributed by atoms with Crippen LogP contribution in [0.25, 0.3) is 6.08 Å². The minimum absolute atomic E-state index is 0.279. The summed E-state index contributed by atoms with van der Waals surface area (Å²) in [5.41, 5.74) is 4.25. The van der Waals surface area contributed by atoms with Crippen molar-refractivity contribution in [3.05, 3.63) is 76.9 Å². The van der Waals surface area contributed by atoms with Gasteiger partial charge in [-0.05, 0) is 49.9 Å². The number of ether oxygens (including phenoxy) is 1. The van der Waals surface area contributed by atoms with E-state index in [1.807, 2.05) is 44.2 Å². The third kappa shape index (κ3) is 5.03. The Kier molecular flexibility index (Phi) is 6.04. The largest absolute Gasteiger partial charge is 0.507 e. The molecule has 0 saturated heterocycles. The van der Waals surface area contributed by atoms with Crippen LogP contribution in [0, 0.1) is 0 Å². The number of benzene rings is 2. The van der Waals surface area contributed by atoms with Crippen LogP contribution >= 0.6 is 0 Å². The van der Waals surface area contributed by atoms with E-state index in [2.05, 4.69) is 24.3 Å². The van der Waals surface area contributed by atoms with Gasteiger partial charge in [-0.15, -0.1) is 0 Å². The standard InChI is InChI=1S/C21H24O2/c1-16(2)12-13-19-20(22)14-18(15-21(19)23-3)11-7-10-17-8-5-4-6-9-17/h4-9,11-12,14-15,22H,10,13H2,1-3H3. The number of allylic oxidation sites excluding steroid dienone is 3. The Morgan fingerprint density at radius 2 is 1.83 bits per heavy atom. The van der Waals surface area contributed by atoms with Gasteiger partial charge in [0.2, 0.25) is 0 Å². The highest BCUT2D eigenvalue weighted by atomic mass is 16.5. The first-order chi connectivity index (χ1) is 11.1. The summed E-state index contributed by atoms with van der Waals surface area (Å²) in [5.74, 6) is 1.00. The highest BCUT2D eigenvalue weighted by molar-refractivity contribution is 5.59. The van der Waals surface area contributed by atoms with E-state index < -0.39 is 0 Å². The van der Waals surface area contributed by atoms with E-state index in [1.54, 1.807) is 13.2 Å². The average molecular weight is 308 g/mol. The molecule has 0 heterocycles. The van der Waals surface area contributed by atoms with Gasteiger partial charge in [0.1, 0.15) is 11.5 Å². The highest BCUT2D eigenvalue weighted by Crippen LogP contribution is 2.31. The van der Waals surface area contributed by atoms with Crippen molar-refractivity contribution in [2.45, 2.75) is 26.7 Å². The lowest BCUT2D eigenvalue weighted by Crippen LogP contribution is -1.93. The van der Waals surface area contributed by atoms with Crippen molar-refractivity contribution in [1.29, 1.82) is 0 Å². The molecule has 0 aliphatic rings. The lowest BCUT2D eigenvalue weighted by Gasteiger charge is -2.10. The lowest BCUT2D eigenvalue weighted by molar-refractivity contribution is 0.401.